The lowest BCUT2D eigenvalue weighted by atomic mass is 9.94. The third kappa shape index (κ3) is 3.74. The average molecular weight is 293 g/mol. The number of carbonyl (C=O) groups excluding carboxylic acids is 1. The first-order valence-electron chi connectivity index (χ1n) is 6.58. The zero-order valence-corrected chi connectivity index (χ0v) is 12.5. The zero-order chi connectivity index (χ0) is 14.8. The van der Waals surface area contributed by atoms with Crippen molar-refractivity contribution in [3.8, 4) is 0 Å². The van der Waals surface area contributed by atoms with Gasteiger partial charge >= 0.3 is 0 Å². The molecule has 20 heavy (non-hydrogen) atoms. The Hall–Kier alpha value is -1.53. The van der Waals surface area contributed by atoms with E-state index in [2.05, 4.69) is 10.3 Å². The van der Waals surface area contributed by atoms with Crippen LogP contribution in [0.25, 0.3) is 0 Å². The van der Waals surface area contributed by atoms with Crippen LogP contribution in [0.4, 0.5) is 0 Å². The first kappa shape index (κ1) is 14.9. The lowest BCUT2D eigenvalue weighted by Crippen LogP contribution is -2.46. The van der Waals surface area contributed by atoms with Crippen LogP contribution in [0.15, 0.2) is 18.3 Å². The minimum absolute atomic E-state index is 0.114. The summed E-state index contributed by atoms with van der Waals surface area (Å²) in [5.74, 6) is -0.179. The number of hydrogen-bond acceptors (Lipinski definition) is 4. The highest BCUT2D eigenvalue weighted by Crippen LogP contribution is 2.24. The molecule has 1 aromatic rings. The summed E-state index contributed by atoms with van der Waals surface area (Å²) in [7, 11) is 0. The Labute approximate surface area is 123 Å². The molecule has 3 N–H and O–H groups in total. The van der Waals surface area contributed by atoms with Crippen LogP contribution in [0.5, 0.6) is 0 Å². The van der Waals surface area contributed by atoms with Gasteiger partial charge in [0.15, 0.2) is 0 Å². The van der Waals surface area contributed by atoms with Crippen molar-refractivity contribution in [2.24, 2.45) is 5.73 Å². The van der Waals surface area contributed by atoms with E-state index in [1.165, 1.54) is 6.20 Å². The molecule has 1 aromatic heterocycles. The highest BCUT2D eigenvalue weighted by molar-refractivity contribution is 7.80. The number of nitrogens with zero attached hydrogens (tertiary/aromatic N) is 1. The Kier molecular flexibility index (Phi) is 4.35. The highest BCUT2D eigenvalue weighted by atomic mass is 32.1. The van der Waals surface area contributed by atoms with Gasteiger partial charge in [0.25, 0.3) is 5.91 Å². The van der Waals surface area contributed by atoms with Crippen LogP contribution in [0.2, 0.25) is 0 Å². The first-order chi connectivity index (χ1) is 9.37. The standard InChI is InChI=1S/C14H19N3O2S/c1-14(2)7-10(5-6-19-14)17-13(18)11-4-3-9(8-16-11)12(15)20/h3-4,8,10H,5-7H2,1-2H3,(H2,15,20)(H,17,18). The van der Waals surface area contributed by atoms with Crippen molar-refractivity contribution in [3.63, 3.8) is 0 Å². The normalized spacial score (nSPS) is 21.2. The number of nitrogens with two attached hydrogens (primary N) is 1. The maximum atomic E-state index is 12.1. The number of carbonyl (C=O) groups is 1. The number of amides is 1. The van der Waals surface area contributed by atoms with E-state index in [4.69, 9.17) is 22.7 Å². The number of thiocarbonyl (C=S) groups is 1. The van der Waals surface area contributed by atoms with Gasteiger partial charge in [0.2, 0.25) is 0 Å². The summed E-state index contributed by atoms with van der Waals surface area (Å²) in [5.41, 5.74) is 6.33. The Balaban J connectivity index is 1.99. The lowest BCUT2D eigenvalue weighted by Gasteiger charge is -2.35. The third-order valence-electron chi connectivity index (χ3n) is 3.31. The van der Waals surface area contributed by atoms with Crippen LogP contribution in [0.1, 0.15) is 42.7 Å². The van der Waals surface area contributed by atoms with Crippen molar-refractivity contribution >= 4 is 23.1 Å². The minimum atomic E-state index is -0.195. The fraction of sp³-hybridized carbons (Fsp3) is 0.500. The number of pyridine rings is 1. The molecule has 1 unspecified atom stereocenters. The smallest absolute Gasteiger partial charge is 0.270 e. The molecule has 1 atom stereocenters. The van der Waals surface area contributed by atoms with E-state index < -0.39 is 0 Å². The molecule has 1 aliphatic rings. The highest BCUT2D eigenvalue weighted by Gasteiger charge is 2.29. The van der Waals surface area contributed by atoms with Crippen LogP contribution in [0.3, 0.4) is 0 Å². The molecule has 0 aromatic carbocycles. The number of rotatable bonds is 3. The van der Waals surface area contributed by atoms with Gasteiger partial charge < -0.3 is 15.8 Å². The average Bonchev–Trinajstić information content (AvgIpc) is 2.37. The molecule has 0 bridgehead atoms. The maximum absolute atomic E-state index is 12.1. The summed E-state index contributed by atoms with van der Waals surface area (Å²) in [4.78, 5) is 16.5. The quantitative estimate of drug-likeness (QED) is 0.824. The summed E-state index contributed by atoms with van der Waals surface area (Å²) in [5, 5.41) is 2.99. The van der Waals surface area contributed by atoms with Crippen molar-refractivity contribution in [1.29, 1.82) is 0 Å². The predicted molar refractivity (Wildman–Crippen MR) is 80.6 cm³/mol. The predicted octanol–water partition coefficient (Wildman–Crippen LogP) is 1.40. The molecule has 0 spiro atoms. The molecule has 1 aliphatic heterocycles. The molecular weight excluding hydrogens is 274 g/mol. The summed E-state index contributed by atoms with van der Waals surface area (Å²) in [6, 6.07) is 3.45. The molecule has 1 fully saturated rings. The van der Waals surface area contributed by atoms with E-state index in [0.29, 0.717) is 17.9 Å². The Bertz CT molecular complexity index is 514. The SMILES string of the molecule is CC1(C)CC(NC(=O)c2ccc(C(N)=S)cn2)CCO1. The van der Waals surface area contributed by atoms with Crippen molar-refractivity contribution in [3.05, 3.63) is 29.6 Å². The summed E-state index contributed by atoms with van der Waals surface area (Å²) in [6.45, 7) is 4.72. The Morgan fingerprint density at radius 3 is 2.85 bits per heavy atom. The van der Waals surface area contributed by atoms with E-state index >= 15 is 0 Å². The molecule has 2 heterocycles. The van der Waals surface area contributed by atoms with E-state index in [9.17, 15) is 4.79 Å². The summed E-state index contributed by atoms with van der Waals surface area (Å²) < 4.78 is 5.63. The third-order valence-corrected chi connectivity index (χ3v) is 3.55. The zero-order valence-electron chi connectivity index (χ0n) is 11.7. The van der Waals surface area contributed by atoms with E-state index in [-0.39, 0.29) is 22.5 Å². The van der Waals surface area contributed by atoms with Crippen LogP contribution in [0, 0.1) is 0 Å². The number of aromatic nitrogens is 1. The van der Waals surface area contributed by atoms with Crippen LogP contribution in [-0.2, 0) is 4.74 Å². The second-order valence-electron chi connectivity index (χ2n) is 5.57. The van der Waals surface area contributed by atoms with Gasteiger partial charge in [-0.15, -0.1) is 0 Å². The molecule has 0 radical (unpaired) electrons. The molecule has 0 aliphatic carbocycles. The molecular formula is C14H19N3O2S. The van der Waals surface area contributed by atoms with Gasteiger partial charge in [0, 0.05) is 24.4 Å². The summed E-state index contributed by atoms with van der Waals surface area (Å²) in [6.07, 6.45) is 3.13. The van der Waals surface area contributed by atoms with Gasteiger partial charge in [-0.2, -0.15) is 0 Å². The number of hydrogen-bond donors (Lipinski definition) is 2. The van der Waals surface area contributed by atoms with Crippen molar-refractivity contribution in [2.45, 2.75) is 38.3 Å². The Morgan fingerprint density at radius 2 is 2.30 bits per heavy atom. The largest absolute Gasteiger partial charge is 0.389 e. The number of ether oxygens (including phenoxy) is 1. The van der Waals surface area contributed by atoms with Crippen LogP contribution >= 0.6 is 12.2 Å². The summed E-state index contributed by atoms with van der Waals surface area (Å²) >= 11 is 4.85. The van der Waals surface area contributed by atoms with Gasteiger partial charge in [0.05, 0.1) is 5.60 Å². The van der Waals surface area contributed by atoms with Gasteiger partial charge in [-0.25, -0.2) is 0 Å². The van der Waals surface area contributed by atoms with Gasteiger partial charge in [0.1, 0.15) is 10.7 Å². The van der Waals surface area contributed by atoms with Gasteiger partial charge in [-0.1, -0.05) is 12.2 Å². The van der Waals surface area contributed by atoms with Crippen molar-refractivity contribution in [1.82, 2.24) is 10.3 Å². The second kappa shape index (κ2) is 5.85. The fourth-order valence-electron chi connectivity index (χ4n) is 2.29. The topological polar surface area (TPSA) is 77.2 Å². The van der Waals surface area contributed by atoms with Crippen molar-refractivity contribution < 1.29 is 9.53 Å². The van der Waals surface area contributed by atoms with Gasteiger partial charge in [-0.3, -0.25) is 9.78 Å². The maximum Gasteiger partial charge on any atom is 0.270 e. The molecule has 2 rings (SSSR count). The first-order valence-corrected chi connectivity index (χ1v) is 6.99. The molecule has 108 valence electrons. The molecule has 6 heteroatoms. The molecule has 1 saturated heterocycles. The minimum Gasteiger partial charge on any atom is -0.389 e. The van der Waals surface area contributed by atoms with Crippen LogP contribution in [-0.4, -0.2) is 34.1 Å². The van der Waals surface area contributed by atoms with E-state index in [1.54, 1.807) is 12.1 Å². The van der Waals surface area contributed by atoms with Gasteiger partial charge in [-0.05, 0) is 38.8 Å². The Morgan fingerprint density at radius 1 is 1.55 bits per heavy atom. The molecule has 0 saturated carbocycles. The van der Waals surface area contributed by atoms with Crippen molar-refractivity contribution in [2.75, 3.05) is 6.61 Å². The molecule has 5 nitrogen and oxygen atoms in total. The second-order valence-corrected chi connectivity index (χ2v) is 6.01. The number of nitrogens with one attached hydrogen (secondary N) is 1. The molecule has 1 amide bonds. The van der Waals surface area contributed by atoms with E-state index in [1.807, 2.05) is 13.8 Å². The van der Waals surface area contributed by atoms with E-state index in [0.717, 1.165) is 12.8 Å². The fourth-order valence-corrected chi connectivity index (χ4v) is 2.41. The van der Waals surface area contributed by atoms with Crippen LogP contribution < -0.4 is 11.1 Å². The monoisotopic (exact) mass is 293 g/mol. The lowest BCUT2D eigenvalue weighted by molar-refractivity contribution is -0.0615.